The van der Waals surface area contributed by atoms with Gasteiger partial charge < -0.3 is 15.5 Å². The van der Waals surface area contributed by atoms with Gasteiger partial charge in [-0.1, -0.05) is 18.2 Å². The van der Waals surface area contributed by atoms with Gasteiger partial charge in [0.15, 0.2) is 5.69 Å². The summed E-state index contributed by atoms with van der Waals surface area (Å²) in [5, 5.41) is 23.5. The van der Waals surface area contributed by atoms with E-state index in [2.05, 4.69) is 15.3 Å². The molecule has 3 N–H and O–H groups in total. The molecular formula is C20H19N3O3. The first-order valence-corrected chi connectivity index (χ1v) is 8.59. The van der Waals surface area contributed by atoms with Gasteiger partial charge in [-0.05, 0) is 48.6 Å². The molecule has 1 amide bonds. The lowest BCUT2D eigenvalue weighted by molar-refractivity contribution is 0.0234. The molecule has 1 fully saturated rings. The average Bonchev–Trinajstić information content (AvgIpc) is 2.63. The van der Waals surface area contributed by atoms with Crippen molar-refractivity contribution in [2.75, 3.05) is 0 Å². The number of amides is 1. The second-order valence-corrected chi connectivity index (χ2v) is 6.67. The van der Waals surface area contributed by atoms with Gasteiger partial charge in [0, 0.05) is 17.8 Å². The number of carbonyl (C=O) groups is 1. The minimum Gasteiger partial charge on any atom is -0.505 e. The highest BCUT2D eigenvalue weighted by Crippen LogP contribution is 2.38. The first-order chi connectivity index (χ1) is 12.6. The van der Waals surface area contributed by atoms with Crippen molar-refractivity contribution in [3.8, 4) is 5.75 Å². The topological polar surface area (TPSA) is 95.3 Å². The number of nitrogens with one attached hydrogen (secondary N) is 1. The van der Waals surface area contributed by atoms with Gasteiger partial charge in [0.2, 0.25) is 0 Å². The smallest absolute Gasteiger partial charge is 0.274 e. The van der Waals surface area contributed by atoms with Crippen LogP contribution in [-0.4, -0.2) is 32.2 Å². The lowest BCUT2D eigenvalue weighted by Crippen LogP contribution is -2.41. The molecule has 1 aliphatic carbocycles. The van der Waals surface area contributed by atoms with Crippen LogP contribution in [0.15, 0.2) is 54.9 Å². The molecular weight excluding hydrogens is 330 g/mol. The molecule has 2 heterocycles. The number of pyridine rings is 2. The summed E-state index contributed by atoms with van der Waals surface area (Å²) in [7, 11) is 0. The number of hydrogen-bond acceptors (Lipinski definition) is 5. The van der Waals surface area contributed by atoms with Gasteiger partial charge in [0.05, 0.1) is 17.7 Å². The number of carbonyl (C=O) groups excluding carboxylic acids is 1. The Morgan fingerprint density at radius 3 is 2.73 bits per heavy atom. The van der Waals surface area contributed by atoms with E-state index in [1.807, 2.05) is 30.3 Å². The third-order valence-corrected chi connectivity index (χ3v) is 4.88. The maximum absolute atomic E-state index is 12.6. The number of aliphatic hydroxyl groups is 1. The van der Waals surface area contributed by atoms with E-state index in [0.29, 0.717) is 12.8 Å². The fourth-order valence-electron chi connectivity index (χ4n) is 3.41. The summed E-state index contributed by atoms with van der Waals surface area (Å²) in [4.78, 5) is 21.1. The predicted molar refractivity (Wildman–Crippen MR) is 96.6 cm³/mol. The molecule has 6 nitrogen and oxygen atoms in total. The second-order valence-electron chi connectivity index (χ2n) is 6.67. The summed E-state index contributed by atoms with van der Waals surface area (Å²) in [6, 6.07) is 12.5. The number of benzene rings is 1. The van der Waals surface area contributed by atoms with Gasteiger partial charge >= 0.3 is 0 Å². The normalized spacial score (nSPS) is 20.3. The monoisotopic (exact) mass is 349 g/mol. The van der Waals surface area contributed by atoms with Crippen LogP contribution in [0.4, 0.5) is 0 Å². The Morgan fingerprint density at radius 1 is 1.15 bits per heavy atom. The highest BCUT2D eigenvalue weighted by atomic mass is 16.3. The summed E-state index contributed by atoms with van der Waals surface area (Å²) in [6.07, 6.45) is 4.12. The van der Waals surface area contributed by atoms with Crippen LogP contribution in [0, 0.1) is 5.92 Å². The molecule has 3 aromatic rings. The Bertz CT molecular complexity index is 954. The molecule has 4 rings (SSSR count). The molecule has 132 valence electrons. The van der Waals surface area contributed by atoms with Crippen molar-refractivity contribution in [1.82, 2.24) is 15.3 Å². The van der Waals surface area contributed by atoms with E-state index < -0.39 is 5.91 Å². The zero-order valence-corrected chi connectivity index (χ0v) is 14.0. The van der Waals surface area contributed by atoms with Gasteiger partial charge in [0.25, 0.3) is 5.91 Å². The lowest BCUT2D eigenvalue weighted by atomic mass is 9.75. The number of nitrogens with zero attached hydrogens (tertiary/aromatic N) is 2. The highest BCUT2D eigenvalue weighted by molar-refractivity contribution is 5.95. The third kappa shape index (κ3) is 3.11. The number of aliphatic hydroxyl groups excluding tert-OH is 1. The van der Waals surface area contributed by atoms with Crippen LogP contribution in [0.5, 0.6) is 5.75 Å². The van der Waals surface area contributed by atoms with Crippen molar-refractivity contribution in [3.05, 3.63) is 66.1 Å². The van der Waals surface area contributed by atoms with Crippen molar-refractivity contribution in [2.24, 2.45) is 5.92 Å². The number of aromatic nitrogens is 2. The van der Waals surface area contributed by atoms with Gasteiger partial charge in [-0.3, -0.25) is 9.78 Å². The van der Waals surface area contributed by atoms with Gasteiger partial charge in [0.1, 0.15) is 5.75 Å². The zero-order chi connectivity index (χ0) is 18.1. The largest absolute Gasteiger partial charge is 0.505 e. The van der Waals surface area contributed by atoms with Crippen molar-refractivity contribution in [1.29, 1.82) is 0 Å². The summed E-state index contributed by atoms with van der Waals surface area (Å²) in [5.74, 6) is -0.487. The molecule has 26 heavy (non-hydrogen) atoms. The quantitative estimate of drug-likeness (QED) is 0.673. The van der Waals surface area contributed by atoms with Crippen molar-refractivity contribution >= 4 is 16.8 Å². The maximum Gasteiger partial charge on any atom is 0.274 e. The standard InChI is InChI=1S/C20H19N3O3/c24-15-9-13(10-15)18(23-20(26)19-17(25)6-3-7-21-19)14-8-12-4-1-2-5-16(12)22-11-14/h1-8,11,13,15,18,24-25H,9-10H2,(H,23,26)/t13?,15?,18-/m0/s1. The molecule has 0 bridgehead atoms. The number of fused-ring (bicyclic) bond motifs is 1. The fraction of sp³-hybridized carbons (Fsp3) is 0.250. The van der Waals surface area contributed by atoms with Crippen LogP contribution < -0.4 is 5.32 Å². The van der Waals surface area contributed by atoms with Gasteiger partial charge in [-0.2, -0.15) is 0 Å². The molecule has 1 aromatic carbocycles. The fourth-order valence-corrected chi connectivity index (χ4v) is 3.41. The number of aromatic hydroxyl groups is 1. The predicted octanol–water partition coefficient (Wildman–Crippen LogP) is 2.58. The van der Waals surface area contributed by atoms with Crippen LogP contribution in [0.3, 0.4) is 0 Å². The Kier molecular flexibility index (Phi) is 4.26. The maximum atomic E-state index is 12.6. The molecule has 6 heteroatoms. The number of para-hydroxylation sites is 1. The molecule has 0 aliphatic heterocycles. The Morgan fingerprint density at radius 2 is 1.96 bits per heavy atom. The molecule has 2 aromatic heterocycles. The van der Waals surface area contributed by atoms with Crippen molar-refractivity contribution < 1.29 is 15.0 Å². The minimum absolute atomic E-state index is 0.00822. The molecule has 0 radical (unpaired) electrons. The Hall–Kier alpha value is -2.99. The lowest BCUT2D eigenvalue weighted by Gasteiger charge is -2.38. The number of hydrogen-bond donors (Lipinski definition) is 3. The summed E-state index contributed by atoms with van der Waals surface area (Å²) < 4.78 is 0. The molecule has 0 spiro atoms. The zero-order valence-electron chi connectivity index (χ0n) is 14.0. The summed E-state index contributed by atoms with van der Waals surface area (Å²) in [6.45, 7) is 0. The van der Waals surface area contributed by atoms with Crippen molar-refractivity contribution in [2.45, 2.75) is 25.0 Å². The van der Waals surface area contributed by atoms with Crippen LogP contribution in [0.25, 0.3) is 10.9 Å². The van der Waals surface area contributed by atoms with E-state index in [1.54, 1.807) is 12.3 Å². The van der Waals surface area contributed by atoms with E-state index in [0.717, 1.165) is 16.5 Å². The molecule has 0 unspecified atom stereocenters. The Balaban J connectivity index is 1.65. The van der Waals surface area contributed by atoms with E-state index in [9.17, 15) is 15.0 Å². The van der Waals surface area contributed by atoms with E-state index in [1.165, 1.54) is 12.3 Å². The minimum atomic E-state index is -0.442. The third-order valence-electron chi connectivity index (χ3n) is 4.88. The van der Waals surface area contributed by atoms with Gasteiger partial charge in [-0.25, -0.2) is 4.98 Å². The molecule has 1 aliphatic rings. The van der Waals surface area contributed by atoms with Crippen LogP contribution in [0.2, 0.25) is 0 Å². The SMILES string of the molecule is O=C(N[C@H](c1cnc2ccccc2c1)C1CC(O)C1)c1ncccc1O. The average molecular weight is 349 g/mol. The molecule has 1 saturated carbocycles. The Labute approximate surface area is 150 Å². The first kappa shape index (κ1) is 16.5. The highest BCUT2D eigenvalue weighted by Gasteiger charge is 2.36. The molecule has 0 saturated heterocycles. The van der Waals surface area contributed by atoms with E-state index >= 15 is 0 Å². The van der Waals surface area contributed by atoms with Crippen LogP contribution >= 0.6 is 0 Å². The number of rotatable bonds is 4. The second kappa shape index (κ2) is 6.72. The van der Waals surface area contributed by atoms with E-state index in [-0.39, 0.29) is 29.5 Å². The summed E-state index contributed by atoms with van der Waals surface area (Å²) in [5.41, 5.74) is 1.76. The first-order valence-electron chi connectivity index (χ1n) is 8.59. The van der Waals surface area contributed by atoms with Gasteiger partial charge in [-0.15, -0.1) is 0 Å². The van der Waals surface area contributed by atoms with E-state index in [4.69, 9.17) is 0 Å². The molecule has 1 atom stereocenters. The van der Waals surface area contributed by atoms with Crippen LogP contribution in [-0.2, 0) is 0 Å². The summed E-state index contributed by atoms with van der Waals surface area (Å²) >= 11 is 0. The van der Waals surface area contributed by atoms with Crippen LogP contribution in [0.1, 0.15) is 34.9 Å². The van der Waals surface area contributed by atoms with Crippen molar-refractivity contribution in [3.63, 3.8) is 0 Å².